The van der Waals surface area contributed by atoms with Gasteiger partial charge in [0, 0.05) is 11.1 Å². The number of phenolic OH excluding ortho intramolecular Hbond substituents is 2. The van der Waals surface area contributed by atoms with E-state index in [1.807, 2.05) is 27.7 Å². The van der Waals surface area contributed by atoms with Crippen molar-refractivity contribution in [2.75, 3.05) is 0 Å². The van der Waals surface area contributed by atoms with E-state index in [2.05, 4.69) is 5.32 Å². The lowest BCUT2D eigenvalue weighted by molar-refractivity contribution is 0.0923. The van der Waals surface area contributed by atoms with Crippen LogP contribution in [-0.4, -0.2) is 27.6 Å². The topological polar surface area (TPSA) is 69.6 Å². The molecule has 0 fully saturated rings. The van der Waals surface area contributed by atoms with E-state index in [4.69, 9.17) is 0 Å². The molecule has 0 saturated carbocycles. The molecule has 0 aliphatic carbocycles. The SMILES string of the molecule is CCC(NC(C)(C)C)C(=O)c1ccc(O)c(O)c1.Cl. The number of phenols is 2. The predicted molar refractivity (Wildman–Crippen MR) is 78.3 cm³/mol. The molecule has 1 aromatic rings. The van der Waals surface area contributed by atoms with Crippen molar-refractivity contribution in [2.45, 2.75) is 45.7 Å². The largest absolute Gasteiger partial charge is 0.504 e. The van der Waals surface area contributed by atoms with E-state index in [0.29, 0.717) is 12.0 Å². The van der Waals surface area contributed by atoms with Crippen LogP contribution in [-0.2, 0) is 0 Å². The number of carbonyl (C=O) groups is 1. The first-order valence-electron chi connectivity index (χ1n) is 6.08. The molecule has 1 unspecified atom stereocenters. The van der Waals surface area contributed by atoms with Crippen LogP contribution in [0.2, 0.25) is 0 Å². The highest BCUT2D eigenvalue weighted by atomic mass is 35.5. The Bertz CT molecular complexity index is 441. The highest BCUT2D eigenvalue weighted by molar-refractivity contribution is 6.00. The maximum atomic E-state index is 12.3. The highest BCUT2D eigenvalue weighted by Crippen LogP contribution is 2.25. The van der Waals surface area contributed by atoms with Gasteiger partial charge in [0.05, 0.1) is 6.04 Å². The first-order chi connectivity index (χ1) is 8.24. The Kier molecular flexibility index (Phi) is 6.33. The van der Waals surface area contributed by atoms with Gasteiger partial charge in [-0.25, -0.2) is 0 Å². The van der Waals surface area contributed by atoms with Crippen LogP contribution in [0.25, 0.3) is 0 Å². The molecule has 0 spiro atoms. The Morgan fingerprint density at radius 1 is 1.26 bits per heavy atom. The standard InChI is InChI=1S/C14H21NO3.ClH/c1-5-10(15-14(2,3)4)13(18)9-6-7-11(16)12(17)8-9;/h6-8,10,15-17H,5H2,1-4H3;1H. The van der Waals surface area contributed by atoms with Crippen LogP contribution < -0.4 is 5.32 Å². The molecule has 0 saturated heterocycles. The Morgan fingerprint density at radius 3 is 2.26 bits per heavy atom. The van der Waals surface area contributed by atoms with E-state index in [0.717, 1.165) is 0 Å². The smallest absolute Gasteiger partial charge is 0.179 e. The lowest BCUT2D eigenvalue weighted by Crippen LogP contribution is -2.47. The second-order valence-corrected chi connectivity index (χ2v) is 5.42. The zero-order valence-corrected chi connectivity index (χ0v) is 12.5. The molecule has 1 rings (SSSR count). The number of halogens is 1. The van der Waals surface area contributed by atoms with E-state index in [1.165, 1.54) is 18.2 Å². The van der Waals surface area contributed by atoms with E-state index in [9.17, 15) is 15.0 Å². The molecule has 108 valence electrons. The summed E-state index contributed by atoms with van der Waals surface area (Å²) in [5.41, 5.74) is 0.240. The third-order valence-electron chi connectivity index (χ3n) is 2.59. The lowest BCUT2D eigenvalue weighted by Gasteiger charge is -2.27. The first kappa shape index (κ1) is 17.7. The van der Waals surface area contributed by atoms with Crippen LogP contribution in [0.1, 0.15) is 44.5 Å². The summed E-state index contributed by atoms with van der Waals surface area (Å²) in [4.78, 5) is 12.3. The summed E-state index contributed by atoms with van der Waals surface area (Å²) in [6, 6.07) is 3.84. The number of rotatable bonds is 4. The molecule has 0 amide bonds. The monoisotopic (exact) mass is 287 g/mol. The lowest BCUT2D eigenvalue weighted by atomic mass is 9.98. The summed E-state index contributed by atoms with van der Waals surface area (Å²) in [5.74, 6) is -0.572. The van der Waals surface area contributed by atoms with Crippen LogP contribution in [0.3, 0.4) is 0 Å². The van der Waals surface area contributed by atoms with Crippen molar-refractivity contribution in [1.82, 2.24) is 5.32 Å². The van der Waals surface area contributed by atoms with Gasteiger partial charge in [-0.3, -0.25) is 4.79 Å². The van der Waals surface area contributed by atoms with Gasteiger partial charge < -0.3 is 15.5 Å². The van der Waals surface area contributed by atoms with Crippen LogP contribution in [0.15, 0.2) is 18.2 Å². The fourth-order valence-electron chi connectivity index (χ4n) is 1.75. The van der Waals surface area contributed by atoms with E-state index in [1.54, 1.807) is 0 Å². The zero-order valence-electron chi connectivity index (χ0n) is 11.7. The average Bonchev–Trinajstić information content (AvgIpc) is 2.27. The van der Waals surface area contributed by atoms with Gasteiger partial charge in [0.15, 0.2) is 17.3 Å². The molecule has 0 radical (unpaired) electrons. The molecular weight excluding hydrogens is 266 g/mol. The predicted octanol–water partition coefficient (Wildman–Crippen LogP) is 2.87. The van der Waals surface area contributed by atoms with Crippen molar-refractivity contribution >= 4 is 18.2 Å². The summed E-state index contributed by atoms with van der Waals surface area (Å²) in [6.45, 7) is 7.92. The molecule has 1 atom stereocenters. The Labute approximate surface area is 120 Å². The average molecular weight is 288 g/mol. The van der Waals surface area contributed by atoms with Gasteiger partial charge >= 0.3 is 0 Å². The molecular formula is C14H22ClNO3. The van der Waals surface area contributed by atoms with Crippen LogP contribution >= 0.6 is 12.4 Å². The maximum absolute atomic E-state index is 12.3. The number of hydrogen-bond donors (Lipinski definition) is 3. The number of Topliss-reactive ketones (excluding diaryl/α,β-unsaturated/α-hetero) is 1. The van der Waals surface area contributed by atoms with Crippen molar-refractivity contribution in [3.63, 3.8) is 0 Å². The van der Waals surface area contributed by atoms with Gasteiger partial charge in [-0.05, 0) is 45.4 Å². The van der Waals surface area contributed by atoms with Gasteiger partial charge in [0.1, 0.15) is 0 Å². The minimum atomic E-state index is -0.297. The summed E-state index contributed by atoms with van der Waals surface area (Å²) in [6.07, 6.45) is 0.664. The third kappa shape index (κ3) is 5.09. The van der Waals surface area contributed by atoms with E-state index >= 15 is 0 Å². The molecule has 3 N–H and O–H groups in total. The molecule has 5 heteroatoms. The fourth-order valence-corrected chi connectivity index (χ4v) is 1.75. The highest BCUT2D eigenvalue weighted by Gasteiger charge is 2.23. The molecule has 0 bridgehead atoms. The van der Waals surface area contributed by atoms with Crippen molar-refractivity contribution in [2.24, 2.45) is 0 Å². The number of ketones is 1. The van der Waals surface area contributed by atoms with Crippen LogP contribution in [0.4, 0.5) is 0 Å². The summed E-state index contributed by atoms with van der Waals surface area (Å²) < 4.78 is 0. The molecule has 19 heavy (non-hydrogen) atoms. The van der Waals surface area contributed by atoms with Crippen molar-refractivity contribution < 1.29 is 15.0 Å². The molecule has 0 aromatic heterocycles. The number of benzene rings is 1. The normalized spacial score (nSPS) is 12.6. The second-order valence-electron chi connectivity index (χ2n) is 5.42. The molecule has 4 nitrogen and oxygen atoms in total. The minimum Gasteiger partial charge on any atom is -0.504 e. The van der Waals surface area contributed by atoms with Crippen molar-refractivity contribution in [1.29, 1.82) is 0 Å². The van der Waals surface area contributed by atoms with E-state index < -0.39 is 0 Å². The van der Waals surface area contributed by atoms with Gasteiger partial charge in [0.25, 0.3) is 0 Å². The quantitative estimate of drug-likeness (QED) is 0.588. The number of aromatic hydroxyl groups is 2. The van der Waals surface area contributed by atoms with Crippen LogP contribution in [0, 0.1) is 0 Å². The maximum Gasteiger partial charge on any atom is 0.179 e. The minimum absolute atomic E-state index is 0. The van der Waals surface area contributed by atoms with Gasteiger partial charge in [-0.1, -0.05) is 6.92 Å². The Morgan fingerprint density at radius 2 is 1.84 bits per heavy atom. The summed E-state index contributed by atoms with van der Waals surface area (Å²) >= 11 is 0. The molecule has 0 heterocycles. The van der Waals surface area contributed by atoms with E-state index in [-0.39, 0.29) is 41.3 Å². The Balaban J connectivity index is 0.00000324. The van der Waals surface area contributed by atoms with Crippen LogP contribution in [0.5, 0.6) is 11.5 Å². The zero-order chi connectivity index (χ0) is 13.9. The second kappa shape index (κ2) is 6.78. The fraction of sp³-hybridized carbons (Fsp3) is 0.500. The summed E-state index contributed by atoms with van der Waals surface area (Å²) in [5, 5.41) is 21.9. The number of nitrogens with one attached hydrogen (secondary N) is 1. The van der Waals surface area contributed by atoms with Gasteiger partial charge in [-0.2, -0.15) is 0 Å². The Hall–Kier alpha value is -1.26. The first-order valence-corrected chi connectivity index (χ1v) is 6.08. The van der Waals surface area contributed by atoms with Gasteiger partial charge in [-0.15, -0.1) is 12.4 Å². The third-order valence-corrected chi connectivity index (χ3v) is 2.59. The molecule has 0 aliphatic heterocycles. The van der Waals surface area contributed by atoms with Crippen molar-refractivity contribution in [3.05, 3.63) is 23.8 Å². The van der Waals surface area contributed by atoms with Gasteiger partial charge in [0.2, 0.25) is 0 Å². The summed E-state index contributed by atoms with van der Waals surface area (Å²) in [7, 11) is 0. The number of hydrogen-bond acceptors (Lipinski definition) is 4. The molecule has 0 aliphatic rings. The molecule has 1 aromatic carbocycles. The number of carbonyl (C=O) groups excluding carboxylic acids is 1. The van der Waals surface area contributed by atoms with Crippen molar-refractivity contribution in [3.8, 4) is 11.5 Å².